The lowest BCUT2D eigenvalue weighted by Gasteiger charge is -2.24. The number of nitrogens with one attached hydrogen (secondary N) is 1. The molecule has 0 aliphatic heterocycles. The summed E-state index contributed by atoms with van der Waals surface area (Å²) in [6, 6.07) is 30.0. The van der Waals surface area contributed by atoms with Crippen LogP contribution in [0.1, 0.15) is 57.7 Å². The monoisotopic (exact) mass is 599 g/mol. The molecule has 0 fully saturated rings. The van der Waals surface area contributed by atoms with E-state index in [1.807, 2.05) is 67.6 Å². The Labute approximate surface area is 253 Å². The average molecular weight is 600 g/mol. The number of hydrogen-bond donors (Lipinski definition) is 3. The fraction of sp³-hybridized carbons (Fsp3) is 0.235. The molecule has 0 saturated heterocycles. The Morgan fingerprint density at radius 3 is 2.00 bits per heavy atom. The molecule has 2 amide bonds. The van der Waals surface area contributed by atoms with Gasteiger partial charge in [-0.1, -0.05) is 85.8 Å². The largest absolute Gasteiger partial charge is 0.396 e. The lowest BCUT2D eigenvalue weighted by atomic mass is 9.93. The number of amides is 2. The van der Waals surface area contributed by atoms with Gasteiger partial charge in [0.25, 0.3) is 11.8 Å². The highest BCUT2D eigenvalue weighted by molar-refractivity contribution is 7.89. The minimum atomic E-state index is -3.78. The van der Waals surface area contributed by atoms with E-state index in [4.69, 9.17) is 5.14 Å². The lowest BCUT2D eigenvalue weighted by Crippen LogP contribution is -2.34. The van der Waals surface area contributed by atoms with Gasteiger partial charge in [0.1, 0.15) is 0 Å². The van der Waals surface area contributed by atoms with Crippen molar-refractivity contribution < 1.29 is 23.1 Å². The molecule has 224 valence electrons. The van der Waals surface area contributed by atoms with Gasteiger partial charge in [0.15, 0.2) is 0 Å². The van der Waals surface area contributed by atoms with Crippen LogP contribution in [0, 0.1) is 0 Å². The molecule has 0 heterocycles. The molecule has 0 aliphatic carbocycles. The van der Waals surface area contributed by atoms with Crippen LogP contribution < -0.4 is 10.5 Å². The van der Waals surface area contributed by atoms with Crippen molar-refractivity contribution in [3.05, 3.63) is 125 Å². The second-order valence-corrected chi connectivity index (χ2v) is 11.8. The third-order valence-corrected chi connectivity index (χ3v) is 8.18. The van der Waals surface area contributed by atoms with E-state index in [0.717, 1.165) is 17.5 Å². The maximum atomic E-state index is 14.0. The number of sulfonamides is 1. The van der Waals surface area contributed by atoms with E-state index in [0.29, 0.717) is 48.2 Å². The smallest absolute Gasteiger partial charge is 0.254 e. The van der Waals surface area contributed by atoms with E-state index in [1.165, 1.54) is 12.1 Å². The molecule has 1 unspecified atom stereocenters. The standard InChI is InChI=1S/C34H37N3O5S/c1-2-22-37(23-20-25-16-18-27(19-17-25)43(35,41)42)34(40)31-15-9-7-13-29(31)28-12-6-8-14-30(28)33(39)36-32(21-24-38)26-10-4-3-5-11-26/h3-19,32,38H,2,20-24H2,1H3,(H,36,39)(H2,35,41,42). The Morgan fingerprint density at radius 2 is 1.40 bits per heavy atom. The molecule has 0 radical (unpaired) electrons. The summed E-state index contributed by atoms with van der Waals surface area (Å²) in [5.41, 5.74) is 3.97. The SMILES string of the molecule is CCCN(CCc1ccc(S(N)(=O)=O)cc1)C(=O)c1ccccc1-c1ccccc1C(=O)NC(CCO)c1ccccc1. The second kappa shape index (κ2) is 14.7. The number of carbonyl (C=O) groups excluding carboxylic acids is 2. The fourth-order valence-corrected chi connectivity index (χ4v) is 5.57. The van der Waals surface area contributed by atoms with E-state index in [2.05, 4.69) is 5.32 Å². The summed E-state index contributed by atoms with van der Waals surface area (Å²) in [5, 5.41) is 17.9. The van der Waals surface area contributed by atoms with Crippen molar-refractivity contribution in [3.63, 3.8) is 0 Å². The Hall–Kier alpha value is -4.31. The van der Waals surface area contributed by atoms with Crippen molar-refractivity contribution in [1.82, 2.24) is 10.2 Å². The first-order valence-electron chi connectivity index (χ1n) is 14.3. The summed E-state index contributed by atoms with van der Waals surface area (Å²) in [7, 11) is -3.78. The van der Waals surface area contributed by atoms with Crippen molar-refractivity contribution in [2.75, 3.05) is 19.7 Å². The molecular weight excluding hydrogens is 562 g/mol. The first-order chi connectivity index (χ1) is 20.7. The van der Waals surface area contributed by atoms with Gasteiger partial charge in [0, 0.05) is 30.8 Å². The van der Waals surface area contributed by atoms with Gasteiger partial charge in [-0.05, 0) is 65.8 Å². The van der Waals surface area contributed by atoms with Crippen LogP contribution >= 0.6 is 0 Å². The van der Waals surface area contributed by atoms with E-state index in [1.54, 1.807) is 35.2 Å². The molecule has 0 bridgehead atoms. The van der Waals surface area contributed by atoms with Crippen LogP contribution in [0.5, 0.6) is 0 Å². The number of carbonyl (C=O) groups is 2. The number of nitrogens with two attached hydrogens (primary N) is 1. The zero-order valence-corrected chi connectivity index (χ0v) is 25.0. The Balaban J connectivity index is 1.60. The van der Waals surface area contributed by atoms with E-state index in [-0.39, 0.29) is 29.4 Å². The molecule has 9 heteroatoms. The van der Waals surface area contributed by atoms with Gasteiger partial charge in [-0.25, -0.2) is 13.6 Å². The summed E-state index contributed by atoms with van der Waals surface area (Å²) in [5.74, 6) is -0.454. The van der Waals surface area contributed by atoms with Gasteiger partial charge in [0.05, 0.1) is 10.9 Å². The second-order valence-electron chi connectivity index (χ2n) is 10.3. The Morgan fingerprint density at radius 1 is 0.814 bits per heavy atom. The summed E-state index contributed by atoms with van der Waals surface area (Å²) < 4.78 is 23.2. The first-order valence-corrected chi connectivity index (χ1v) is 15.8. The molecule has 0 spiro atoms. The van der Waals surface area contributed by atoms with E-state index < -0.39 is 10.0 Å². The van der Waals surface area contributed by atoms with Gasteiger partial charge in [-0.2, -0.15) is 0 Å². The van der Waals surface area contributed by atoms with E-state index >= 15 is 0 Å². The minimum Gasteiger partial charge on any atom is -0.396 e. The zero-order valence-electron chi connectivity index (χ0n) is 24.1. The van der Waals surface area contributed by atoms with Gasteiger partial charge < -0.3 is 15.3 Å². The van der Waals surface area contributed by atoms with Gasteiger partial charge in [-0.15, -0.1) is 0 Å². The molecule has 4 aromatic rings. The zero-order chi connectivity index (χ0) is 30.8. The topological polar surface area (TPSA) is 130 Å². The maximum absolute atomic E-state index is 14.0. The predicted molar refractivity (Wildman–Crippen MR) is 168 cm³/mol. The highest BCUT2D eigenvalue weighted by Gasteiger charge is 2.23. The highest BCUT2D eigenvalue weighted by atomic mass is 32.2. The molecule has 4 aromatic carbocycles. The van der Waals surface area contributed by atoms with Crippen molar-refractivity contribution in [2.45, 2.75) is 37.1 Å². The molecule has 0 aliphatic rings. The van der Waals surface area contributed by atoms with E-state index in [9.17, 15) is 23.1 Å². The van der Waals surface area contributed by atoms with Gasteiger partial charge in [0.2, 0.25) is 10.0 Å². The van der Waals surface area contributed by atoms with Crippen LogP contribution in [-0.4, -0.2) is 49.9 Å². The third-order valence-electron chi connectivity index (χ3n) is 7.25. The number of benzene rings is 4. The number of nitrogens with zero attached hydrogens (tertiary/aromatic N) is 1. The van der Waals surface area contributed by atoms with Crippen molar-refractivity contribution in [3.8, 4) is 11.1 Å². The number of hydrogen-bond acceptors (Lipinski definition) is 5. The fourth-order valence-electron chi connectivity index (χ4n) is 5.06. The summed E-state index contributed by atoms with van der Waals surface area (Å²) in [4.78, 5) is 29.4. The molecule has 0 saturated carbocycles. The average Bonchev–Trinajstić information content (AvgIpc) is 3.02. The normalized spacial score (nSPS) is 12.0. The van der Waals surface area contributed by atoms with Crippen LogP contribution in [0.25, 0.3) is 11.1 Å². The molecule has 43 heavy (non-hydrogen) atoms. The Kier molecular flexibility index (Phi) is 10.8. The molecule has 0 aromatic heterocycles. The molecular formula is C34H37N3O5S. The van der Waals surface area contributed by atoms with Gasteiger partial charge >= 0.3 is 0 Å². The van der Waals surface area contributed by atoms with Crippen LogP contribution in [0.15, 0.2) is 108 Å². The highest BCUT2D eigenvalue weighted by Crippen LogP contribution is 2.29. The molecule has 8 nitrogen and oxygen atoms in total. The molecule has 4 N–H and O–H groups in total. The maximum Gasteiger partial charge on any atom is 0.254 e. The number of aliphatic hydroxyl groups excluding tert-OH is 1. The van der Waals surface area contributed by atoms with Crippen LogP contribution in [0.4, 0.5) is 0 Å². The summed E-state index contributed by atoms with van der Waals surface area (Å²) in [6.45, 7) is 2.88. The van der Waals surface area contributed by atoms with Crippen molar-refractivity contribution >= 4 is 21.8 Å². The van der Waals surface area contributed by atoms with Crippen LogP contribution in [0.3, 0.4) is 0 Å². The van der Waals surface area contributed by atoms with Crippen LogP contribution in [-0.2, 0) is 16.4 Å². The minimum absolute atomic E-state index is 0.0424. The lowest BCUT2D eigenvalue weighted by molar-refractivity contribution is 0.0757. The number of primary sulfonamides is 1. The molecule has 4 rings (SSSR count). The first kappa shape index (κ1) is 31.6. The Bertz CT molecular complexity index is 1640. The predicted octanol–water partition coefficient (Wildman–Crippen LogP) is 4.95. The third kappa shape index (κ3) is 8.16. The van der Waals surface area contributed by atoms with Crippen molar-refractivity contribution in [2.24, 2.45) is 5.14 Å². The number of rotatable bonds is 13. The summed E-state index contributed by atoms with van der Waals surface area (Å²) in [6.07, 6.45) is 1.65. The van der Waals surface area contributed by atoms with Gasteiger partial charge in [-0.3, -0.25) is 9.59 Å². The number of aliphatic hydroxyl groups is 1. The quantitative estimate of drug-likeness (QED) is 0.200. The molecule has 1 atom stereocenters. The summed E-state index contributed by atoms with van der Waals surface area (Å²) >= 11 is 0. The van der Waals surface area contributed by atoms with Crippen molar-refractivity contribution in [1.29, 1.82) is 0 Å². The van der Waals surface area contributed by atoms with Crippen LogP contribution in [0.2, 0.25) is 0 Å².